The van der Waals surface area contributed by atoms with Crippen molar-refractivity contribution in [2.24, 2.45) is 4.40 Å². The monoisotopic (exact) mass is 285 g/mol. The van der Waals surface area contributed by atoms with Gasteiger partial charge in [-0.15, -0.1) is 0 Å². The number of hydrogen-bond donors (Lipinski definition) is 0. The van der Waals surface area contributed by atoms with Crippen molar-refractivity contribution in [3.05, 3.63) is 34.9 Å². The third kappa shape index (κ3) is 4.54. The van der Waals surface area contributed by atoms with Crippen LogP contribution in [0.4, 0.5) is 0 Å². The van der Waals surface area contributed by atoms with Crippen LogP contribution in [-0.4, -0.2) is 15.2 Å². The van der Waals surface area contributed by atoms with E-state index in [4.69, 9.17) is 11.6 Å². The van der Waals surface area contributed by atoms with Gasteiger partial charge in [-0.05, 0) is 44.9 Å². The fourth-order valence-corrected chi connectivity index (χ4v) is 2.22. The van der Waals surface area contributed by atoms with Gasteiger partial charge in [-0.1, -0.05) is 30.7 Å². The Morgan fingerprint density at radius 1 is 1.44 bits per heavy atom. The van der Waals surface area contributed by atoms with E-state index in [1.165, 1.54) is 0 Å². The van der Waals surface area contributed by atoms with Gasteiger partial charge >= 0.3 is 0 Å². The lowest BCUT2D eigenvalue weighted by Crippen LogP contribution is -2.20. The fraction of sp³-hybridized carbons (Fsp3) is 0.500. The molecule has 2 nitrogen and oxygen atoms in total. The number of halogens is 1. The molecule has 0 amide bonds. The first kappa shape index (κ1) is 15.4. The molecule has 2 unspecified atom stereocenters. The summed E-state index contributed by atoms with van der Waals surface area (Å²) in [4.78, 5) is 0. The molecule has 2 atom stereocenters. The standard InChI is InChI=1S/C14H20ClNOS/c1-5-11(10-16-18(17)14(2,3)4)12-7-6-8-13(15)9-12/h6-11H,5H2,1-4H3. The predicted molar refractivity (Wildman–Crippen MR) is 80.9 cm³/mol. The number of nitrogens with zero attached hydrogens (tertiary/aromatic N) is 1. The van der Waals surface area contributed by atoms with Crippen LogP contribution in [0, 0.1) is 0 Å². The number of rotatable bonds is 4. The van der Waals surface area contributed by atoms with Crippen molar-refractivity contribution in [1.82, 2.24) is 0 Å². The molecule has 4 heteroatoms. The van der Waals surface area contributed by atoms with Gasteiger partial charge in [0.15, 0.2) is 0 Å². The van der Waals surface area contributed by atoms with Crippen molar-refractivity contribution in [3.63, 3.8) is 0 Å². The van der Waals surface area contributed by atoms with E-state index in [9.17, 15) is 4.21 Å². The molecule has 0 aromatic heterocycles. The van der Waals surface area contributed by atoms with Crippen LogP contribution in [0.3, 0.4) is 0 Å². The molecule has 0 saturated carbocycles. The van der Waals surface area contributed by atoms with Crippen LogP contribution in [0.25, 0.3) is 0 Å². The Morgan fingerprint density at radius 3 is 2.61 bits per heavy atom. The maximum Gasteiger partial charge on any atom is 0.144 e. The summed E-state index contributed by atoms with van der Waals surface area (Å²) in [5.74, 6) is 0.162. The van der Waals surface area contributed by atoms with E-state index in [0.29, 0.717) is 0 Å². The minimum atomic E-state index is -1.20. The lowest BCUT2D eigenvalue weighted by molar-refractivity contribution is 0.650. The molecule has 1 rings (SSSR count). The summed E-state index contributed by atoms with van der Waals surface area (Å²) in [5, 5.41) is 0.719. The van der Waals surface area contributed by atoms with Crippen LogP contribution in [-0.2, 0) is 11.0 Å². The van der Waals surface area contributed by atoms with Gasteiger partial charge in [0.25, 0.3) is 0 Å². The van der Waals surface area contributed by atoms with E-state index < -0.39 is 11.0 Å². The SMILES string of the molecule is CCC(C=NS(=O)C(C)(C)C)c1cccc(Cl)c1. The highest BCUT2D eigenvalue weighted by atomic mass is 35.5. The summed E-state index contributed by atoms with van der Waals surface area (Å²) in [5.41, 5.74) is 1.11. The lowest BCUT2D eigenvalue weighted by Gasteiger charge is -2.14. The highest BCUT2D eigenvalue weighted by Gasteiger charge is 2.18. The fourth-order valence-electron chi connectivity index (χ4n) is 1.45. The molecule has 0 saturated heterocycles. The number of benzene rings is 1. The minimum absolute atomic E-state index is 0.162. The smallest absolute Gasteiger partial charge is 0.144 e. The lowest BCUT2D eigenvalue weighted by atomic mass is 9.98. The van der Waals surface area contributed by atoms with E-state index in [0.717, 1.165) is 17.0 Å². The molecular weight excluding hydrogens is 266 g/mol. The van der Waals surface area contributed by atoms with Gasteiger partial charge in [-0.25, -0.2) is 4.21 Å². The molecule has 0 N–H and O–H groups in total. The summed E-state index contributed by atoms with van der Waals surface area (Å²) < 4.78 is 15.7. The Balaban J connectivity index is 2.86. The molecule has 1 aromatic carbocycles. The zero-order chi connectivity index (χ0) is 13.8. The molecule has 0 aliphatic heterocycles. The average Bonchev–Trinajstić information content (AvgIpc) is 2.28. The molecule has 0 spiro atoms. The average molecular weight is 286 g/mol. The first-order valence-corrected chi connectivity index (χ1v) is 7.54. The summed E-state index contributed by atoms with van der Waals surface area (Å²) in [6.45, 7) is 7.83. The van der Waals surface area contributed by atoms with Gasteiger partial charge in [-0.3, -0.25) is 0 Å². The second-order valence-electron chi connectivity index (χ2n) is 5.19. The quantitative estimate of drug-likeness (QED) is 0.756. The molecule has 18 heavy (non-hydrogen) atoms. The molecular formula is C14H20ClNOS. The van der Waals surface area contributed by atoms with Gasteiger partial charge in [0, 0.05) is 17.2 Å². The van der Waals surface area contributed by atoms with Gasteiger partial charge in [0.1, 0.15) is 11.0 Å². The molecule has 0 radical (unpaired) electrons. The van der Waals surface area contributed by atoms with Crippen molar-refractivity contribution >= 4 is 28.8 Å². The van der Waals surface area contributed by atoms with Gasteiger partial charge in [-0.2, -0.15) is 4.40 Å². The third-order valence-corrected chi connectivity index (χ3v) is 4.17. The normalized spacial score (nSPS) is 15.8. The molecule has 0 aliphatic rings. The summed E-state index contributed by atoms with van der Waals surface area (Å²) >= 11 is 5.98. The molecule has 100 valence electrons. The van der Waals surface area contributed by atoms with Gasteiger partial charge < -0.3 is 0 Å². The van der Waals surface area contributed by atoms with Crippen LogP contribution in [0.2, 0.25) is 5.02 Å². The van der Waals surface area contributed by atoms with Crippen molar-refractivity contribution in [3.8, 4) is 0 Å². The minimum Gasteiger partial charge on any atom is -0.234 e. The zero-order valence-corrected chi connectivity index (χ0v) is 12.9. The maximum atomic E-state index is 11.9. The molecule has 0 fully saturated rings. The Kier molecular flexibility index (Phi) is 5.54. The summed E-state index contributed by atoms with van der Waals surface area (Å²) in [6, 6.07) is 7.73. The van der Waals surface area contributed by atoms with E-state index in [2.05, 4.69) is 11.3 Å². The van der Waals surface area contributed by atoms with Crippen molar-refractivity contribution in [2.75, 3.05) is 0 Å². The Bertz CT molecular complexity index is 451. The third-order valence-electron chi connectivity index (χ3n) is 2.58. The van der Waals surface area contributed by atoms with Crippen LogP contribution >= 0.6 is 11.6 Å². The Hall–Kier alpha value is -0.670. The van der Waals surface area contributed by atoms with Crippen molar-refractivity contribution < 1.29 is 4.21 Å². The molecule has 0 heterocycles. The van der Waals surface area contributed by atoms with Crippen LogP contribution in [0.15, 0.2) is 28.7 Å². The highest BCUT2D eigenvalue weighted by molar-refractivity contribution is 7.85. The largest absolute Gasteiger partial charge is 0.234 e. The maximum absolute atomic E-state index is 11.9. The van der Waals surface area contributed by atoms with E-state index in [-0.39, 0.29) is 10.7 Å². The molecule has 0 bridgehead atoms. The molecule has 1 aromatic rings. The summed E-state index contributed by atoms with van der Waals surface area (Å²) in [7, 11) is -1.20. The van der Waals surface area contributed by atoms with Crippen molar-refractivity contribution in [1.29, 1.82) is 0 Å². The highest BCUT2D eigenvalue weighted by Crippen LogP contribution is 2.22. The first-order valence-electron chi connectivity index (χ1n) is 6.06. The van der Waals surface area contributed by atoms with E-state index in [1.54, 1.807) is 6.21 Å². The van der Waals surface area contributed by atoms with Crippen LogP contribution in [0.5, 0.6) is 0 Å². The zero-order valence-electron chi connectivity index (χ0n) is 11.3. The molecule has 0 aliphatic carbocycles. The van der Waals surface area contributed by atoms with Crippen LogP contribution in [0.1, 0.15) is 45.6 Å². The number of hydrogen-bond acceptors (Lipinski definition) is 1. The van der Waals surface area contributed by atoms with E-state index in [1.807, 2.05) is 45.0 Å². The van der Waals surface area contributed by atoms with Crippen LogP contribution < -0.4 is 0 Å². The summed E-state index contributed by atoms with van der Waals surface area (Å²) in [6.07, 6.45) is 2.69. The predicted octanol–water partition coefficient (Wildman–Crippen LogP) is 4.37. The van der Waals surface area contributed by atoms with E-state index >= 15 is 0 Å². The Labute approximate surface area is 117 Å². The Morgan fingerprint density at radius 2 is 2.11 bits per heavy atom. The van der Waals surface area contributed by atoms with Crippen molar-refractivity contribution in [2.45, 2.75) is 44.8 Å². The second kappa shape index (κ2) is 6.48. The van der Waals surface area contributed by atoms with Gasteiger partial charge in [0.05, 0.1) is 4.75 Å². The van der Waals surface area contributed by atoms with Gasteiger partial charge in [0.2, 0.25) is 0 Å². The topological polar surface area (TPSA) is 29.4 Å². The second-order valence-corrected chi connectivity index (χ2v) is 7.56. The first-order chi connectivity index (χ1) is 8.34.